The number of fused-ring (bicyclic) bond motifs is 1. The Bertz CT molecular complexity index is 560. The highest BCUT2D eigenvalue weighted by Crippen LogP contribution is 2.22. The maximum absolute atomic E-state index is 11.9. The van der Waals surface area contributed by atoms with Crippen LogP contribution in [0.15, 0.2) is 42.5 Å². The van der Waals surface area contributed by atoms with E-state index in [1.165, 1.54) is 19.3 Å². The summed E-state index contributed by atoms with van der Waals surface area (Å²) in [6, 6.07) is 13.9. The van der Waals surface area contributed by atoms with Crippen molar-refractivity contribution in [2.45, 2.75) is 32.6 Å². The van der Waals surface area contributed by atoms with Gasteiger partial charge in [0, 0.05) is 11.9 Å². The third-order valence-electron chi connectivity index (χ3n) is 3.35. The van der Waals surface area contributed by atoms with Gasteiger partial charge in [-0.05, 0) is 17.9 Å². The van der Waals surface area contributed by atoms with Crippen molar-refractivity contribution in [3.8, 4) is 0 Å². The largest absolute Gasteiger partial charge is 0.338 e. The Morgan fingerprint density at radius 3 is 2.65 bits per heavy atom. The van der Waals surface area contributed by atoms with Crippen molar-refractivity contribution in [1.29, 1.82) is 0 Å². The number of carbonyl (C=O) groups is 1. The average molecular weight is 270 g/mol. The molecule has 0 aromatic heterocycles. The first-order valence-electron chi connectivity index (χ1n) is 7.34. The van der Waals surface area contributed by atoms with Gasteiger partial charge in [-0.2, -0.15) is 0 Å². The molecule has 2 aromatic rings. The number of urea groups is 1. The zero-order chi connectivity index (χ0) is 14.2. The van der Waals surface area contributed by atoms with Crippen LogP contribution < -0.4 is 10.6 Å². The van der Waals surface area contributed by atoms with Crippen LogP contribution in [0.4, 0.5) is 10.5 Å². The molecular weight excluding hydrogens is 248 g/mol. The lowest BCUT2D eigenvalue weighted by molar-refractivity contribution is 0.252. The molecule has 0 fully saturated rings. The Morgan fingerprint density at radius 1 is 1.00 bits per heavy atom. The van der Waals surface area contributed by atoms with Crippen LogP contribution in [0.5, 0.6) is 0 Å². The first kappa shape index (κ1) is 14.4. The lowest BCUT2D eigenvalue weighted by atomic mass is 10.1. The van der Waals surface area contributed by atoms with Crippen LogP contribution in [0, 0.1) is 0 Å². The molecule has 3 nitrogen and oxygen atoms in total. The quantitative estimate of drug-likeness (QED) is 0.743. The Labute approximate surface area is 120 Å². The van der Waals surface area contributed by atoms with E-state index in [1.807, 2.05) is 42.5 Å². The summed E-state index contributed by atoms with van der Waals surface area (Å²) in [5.74, 6) is 0. The van der Waals surface area contributed by atoms with E-state index in [9.17, 15) is 4.79 Å². The molecule has 2 aromatic carbocycles. The van der Waals surface area contributed by atoms with Crippen molar-refractivity contribution in [3.05, 3.63) is 42.5 Å². The summed E-state index contributed by atoms with van der Waals surface area (Å²) in [6.07, 6.45) is 4.65. The maximum Gasteiger partial charge on any atom is 0.319 e. The number of hydrogen-bond donors (Lipinski definition) is 2. The molecule has 0 radical (unpaired) electrons. The van der Waals surface area contributed by atoms with Gasteiger partial charge in [0.05, 0.1) is 5.69 Å². The van der Waals surface area contributed by atoms with Gasteiger partial charge in [0.15, 0.2) is 0 Å². The topological polar surface area (TPSA) is 41.1 Å². The van der Waals surface area contributed by atoms with Crippen molar-refractivity contribution in [2.75, 3.05) is 11.9 Å². The monoisotopic (exact) mass is 270 g/mol. The second kappa shape index (κ2) is 7.53. The van der Waals surface area contributed by atoms with Crippen molar-refractivity contribution < 1.29 is 4.79 Å². The van der Waals surface area contributed by atoms with Crippen LogP contribution >= 0.6 is 0 Å². The van der Waals surface area contributed by atoms with Crippen LogP contribution in [0.3, 0.4) is 0 Å². The van der Waals surface area contributed by atoms with E-state index in [4.69, 9.17) is 0 Å². The molecule has 0 aliphatic rings. The molecule has 2 N–H and O–H groups in total. The van der Waals surface area contributed by atoms with Crippen molar-refractivity contribution >= 4 is 22.5 Å². The molecule has 0 aliphatic carbocycles. The fourth-order valence-corrected chi connectivity index (χ4v) is 2.25. The van der Waals surface area contributed by atoms with Crippen molar-refractivity contribution in [1.82, 2.24) is 5.32 Å². The number of carbonyl (C=O) groups excluding carboxylic acids is 1. The fourth-order valence-electron chi connectivity index (χ4n) is 2.25. The number of nitrogens with one attached hydrogen (secondary N) is 2. The lowest BCUT2D eigenvalue weighted by Crippen LogP contribution is -2.29. The summed E-state index contributed by atoms with van der Waals surface area (Å²) in [7, 11) is 0. The molecule has 106 valence electrons. The summed E-state index contributed by atoms with van der Waals surface area (Å²) in [5, 5.41) is 8.03. The Hall–Kier alpha value is -2.03. The summed E-state index contributed by atoms with van der Waals surface area (Å²) in [5.41, 5.74) is 0.856. The maximum atomic E-state index is 11.9. The third kappa shape index (κ3) is 3.98. The van der Waals surface area contributed by atoms with E-state index >= 15 is 0 Å². The van der Waals surface area contributed by atoms with Crippen molar-refractivity contribution in [3.63, 3.8) is 0 Å². The van der Waals surface area contributed by atoms with Gasteiger partial charge in [-0.3, -0.25) is 0 Å². The molecule has 2 rings (SSSR count). The SMILES string of the molecule is CCCCCCNC(=O)Nc1cccc2ccccc12. The predicted octanol–water partition coefficient (Wildman–Crippen LogP) is 4.54. The molecule has 20 heavy (non-hydrogen) atoms. The van der Waals surface area contributed by atoms with Gasteiger partial charge in [0.25, 0.3) is 0 Å². The van der Waals surface area contributed by atoms with Crippen LogP contribution in [-0.4, -0.2) is 12.6 Å². The van der Waals surface area contributed by atoms with E-state index < -0.39 is 0 Å². The fraction of sp³-hybridized carbons (Fsp3) is 0.353. The van der Waals surface area contributed by atoms with Crippen LogP contribution in [0.1, 0.15) is 32.6 Å². The highest BCUT2D eigenvalue weighted by atomic mass is 16.2. The summed E-state index contributed by atoms with van der Waals surface area (Å²) in [4.78, 5) is 11.9. The number of hydrogen-bond acceptors (Lipinski definition) is 1. The molecule has 0 unspecified atom stereocenters. The Kier molecular flexibility index (Phi) is 5.42. The molecule has 3 heteroatoms. The number of anilines is 1. The second-order valence-electron chi connectivity index (χ2n) is 4.97. The first-order chi connectivity index (χ1) is 9.81. The van der Waals surface area contributed by atoms with Gasteiger partial charge in [-0.15, -0.1) is 0 Å². The average Bonchev–Trinajstić information content (AvgIpc) is 2.47. The molecule has 0 atom stereocenters. The van der Waals surface area contributed by atoms with Gasteiger partial charge in [0.1, 0.15) is 0 Å². The molecule has 0 aliphatic heterocycles. The van der Waals surface area contributed by atoms with Gasteiger partial charge >= 0.3 is 6.03 Å². The van der Waals surface area contributed by atoms with Crippen LogP contribution in [-0.2, 0) is 0 Å². The van der Waals surface area contributed by atoms with E-state index in [0.717, 1.165) is 29.4 Å². The molecule has 2 amide bonds. The molecule has 0 saturated heterocycles. The lowest BCUT2D eigenvalue weighted by Gasteiger charge is -2.10. The number of unbranched alkanes of at least 4 members (excludes halogenated alkanes) is 3. The van der Waals surface area contributed by atoms with E-state index in [0.29, 0.717) is 0 Å². The number of benzene rings is 2. The van der Waals surface area contributed by atoms with E-state index in [2.05, 4.69) is 17.6 Å². The minimum Gasteiger partial charge on any atom is -0.338 e. The molecule has 0 saturated carbocycles. The normalized spacial score (nSPS) is 10.4. The van der Waals surface area contributed by atoms with E-state index in [1.54, 1.807) is 0 Å². The number of rotatable bonds is 6. The molecule has 0 heterocycles. The third-order valence-corrected chi connectivity index (χ3v) is 3.35. The summed E-state index contributed by atoms with van der Waals surface area (Å²) >= 11 is 0. The van der Waals surface area contributed by atoms with Crippen LogP contribution in [0.2, 0.25) is 0 Å². The Balaban J connectivity index is 1.90. The van der Waals surface area contributed by atoms with Gasteiger partial charge in [0.2, 0.25) is 0 Å². The van der Waals surface area contributed by atoms with Gasteiger partial charge in [-0.1, -0.05) is 62.6 Å². The minimum atomic E-state index is -0.127. The molecular formula is C17H22N2O. The highest BCUT2D eigenvalue weighted by molar-refractivity contribution is 6.01. The second-order valence-corrected chi connectivity index (χ2v) is 4.97. The standard InChI is InChI=1S/C17H22N2O/c1-2-3-4-7-13-18-17(20)19-16-12-8-10-14-9-5-6-11-15(14)16/h5-6,8-12H,2-4,7,13H2,1H3,(H2,18,19,20). The van der Waals surface area contributed by atoms with Crippen LogP contribution in [0.25, 0.3) is 10.8 Å². The zero-order valence-electron chi connectivity index (χ0n) is 12.0. The molecule has 0 spiro atoms. The number of amides is 2. The van der Waals surface area contributed by atoms with Gasteiger partial charge in [-0.25, -0.2) is 4.79 Å². The zero-order valence-corrected chi connectivity index (χ0v) is 12.0. The smallest absolute Gasteiger partial charge is 0.319 e. The summed E-state index contributed by atoms with van der Waals surface area (Å²) in [6.45, 7) is 2.91. The Morgan fingerprint density at radius 2 is 1.80 bits per heavy atom. The highest BCUT2D eigenvalue weighted by Gasteiger charge is 2.04. The van der Waals surface area contributed by atoms with E-state index in [-0.39, 0.29) is 6.03 Å². The van der Waals surface area contributed by atoms with Gasteiger partial charge < -0.3 is 10.6 Å². The minimum absolute atomic E-state index is 0.127. The first-order valence-corrected chi connectivity index (χ1v) is 7.34. The summed E-state index contributed by atoms with van der Waals surface area (Å²) < 4.78 is 0. The predicted molar refractivity (Wildman–Crippen MR) is 85.1 cm³/mol. The van der Waals surface area contributed by atoms with Crippen molar-refractivity contribution in [2.24, 2.45) is 0 Å². The molecule has 0 bridgehead atoms.